The van der Waals surface area contributed by atoms with Crippen molar-refractivity contribution in [3.8, 4) is 11.5 Å². The quantitative estimate of drug-likeness (QED) is 0.196. The van der Waals surface area contributed by atoms with Crippen LogP contribution in [0.25, 0.3) is 0 Å². The number of ether oxygens (including phenoxy) is 2. The van der Waals surface area contributed by atoms with E-state index >= 15 is 0 Å². The zero-order valence-corrected chi connectivity index (χ0v) is 22.7. The first-order valence-corrected chi connectivity index (χ1v) is 14.4. The molecule has 2 nitrogen and oxygen atoms in total. The molecule has 2 aliphatic rings. The van der Waals surface area contributed by atoms with Crippen molar-refractivity contribution in [2.24, 2.45) is 17.8 Å². The van der Waals surface area contributed by atoms with Crippen LogP contribution in [0.15, 0.2) is 30.3 Å². The number of rotatable bonds is 11. The molecule has 0 bridgehead atoms. The van der Waals surface area contributed by atoms with Crippen LogP contribution >= 0.6 is 0 Å². The number of alkyl halides is 4. The molecule has 2 saturated carbocycles. The molecular formula is C31H37F7O2. The molecule has 0 spiro atoms. The number of hydrogen-bond donors (Lipinski definition) is 0. The third-order valence-corrected chi connectivity index (χ3v) is 8.75. The molecule has 2 aromatic carbocycles. The van der Waals surface area contributed by atoms with E-state index in [9.17, 15) is 30.7 Å². The number of unbranched alkanes of at least 4 members (excludes halogenated alkanes) is 2. The lowest BCUT2D eigenvalue weighted by molar-refractivity contribution is -0.187. The van der Waals surface area contributed by atoms with Gasteiger partial charge in [-0.1, -0.05) is 51.5 Å². The molecule has 0 N–H and O–H groups in total. The van der Waals surface area contributed by atoms with E-state index in [-0.39, 0.29) is 18.1 Å². The summed E-state index contributed by atoms with van der Waals surface area (Å²) in [5, 5.41) is 0. The fraction of sp³-hybridized carbons (Fsp3) is 0.613. The van der Waals surface area contributed by atoms with Crippen LogP contribution in [-0.2, 0) is 6.11 Å². The van der Waals surface area contributed by atoms with Gasteiger partial charge in [-0.15, -0.1) is 0 Å². The van der Waals surface area contributed by atoms with Gasteiger partial charge in [-0.3, -0.25) is 0 Å². The molecule has 0 heterocycles. The molecule has 9 heteroatoms. The van der Waals surface area contributed by atoms with Gasteiger partial charge in [-0.25, -0.2) is 13.2 Å². The van der Waals surface area contributed by atoms with E-state index in [1.54, 1.807) is 0 Å². The topological polar surface area (TPSA) is 18.5 Å². The first kappa shape index (κ1) is 30.5. The van der Waals surface area contributed by atoms with Crippen LogP contribution in [0.4, 0.5) is 30.7 Å². The summed E-state index contributed by atoms with van der Waals surface area (Å²) in [6, 6.07) is 4.01. The monoisotopic (exact) mass is 574 g/mol. The molecule has 222 valence electrons. The van der Waals surface area contributed by atoms with Gasteiger partial charge in [0, 0.05) is 12.1 Å². The first-order chi connectivity index (χ1) is 19.1. The smallest absolute Gasteiger partial charge is 0.429 e. The van der Waals surface area contributed by atoms with E-state index < -0.39 is 47.2 Å². The molecule has 0 aromatic heterocycles. The van der Waals surface area contributed by atoms with Crippen molar-refractivity contribution >= 4 is 0 Å². The summed E-state index contributed by atoms with van der Waals surface area (Å²) >= 11 is 0. The number of benzene rings is 2. The molecule has 2 fully saturated rings. The summed E-state index contributed by atoms with van der Waals surface area (Å²) in [6.45, 7) is -1.28. The lowest BCUT2D eigenvalue weighted by Gasteiger charge is -2.38. The normalized spacial score (nSPS) is 23.8. The van der Waals surface area contributed by atoms with Crippen LogP contribution in [0, 0.1) is 35.2 Å². The van der Waals surface area contributed by atoms with E-state index in [0.717, 1.165) is 49.7 Å². The van der Waals surface area contributed by atoms with Gasteiger partial charge in [0.25, 0.3) is 0 Å². The second kappa shape index (κ2) is 13.5. The highest BCUT2D eigenvalue weighted by Crippen LogP contribution is 2.45. The van der Waals surface area contributed by atoms with Gasteiger partial charge < -0.3 is 9.47 Å². The largest absolute Gasteiger partial charge is 0.429 e. The Labute approximate surface area is 231 Å². The van der Waals surface area contributed by atoms with Crippen molar-refractivity contribution < 1.29 is 40.2 Å². The zero-order chi connectivity index (χ0) is 28.9. The first-order valence-electron chi connectivity index (χ1n) is 14.4. The Balaban J connectivity index is 1.33. The van der Waals surface area contributed by atoms with Crippen LogP contribution in [-0.4, -0.2) is 6.61 Å². The third kappa shape index (κ3) is 7.64. The van der Waals surface area contributed by atoms with Gasteiger partial charge in [-0.2, -0.15) is 17.6 Å². The minimum Gasteiger partial charge on any atom is -0.429 e. The maximum Gasteiger partial charge on any atom is 0.429 e. The van der Waals surface area contributed by atoms with Gasteiger partial charge in [0.1, 0.15) is 11.6 Å². The van der Waals surface area contributed by atoms with Crippen molar-refractivity contribution in [2.75, 3.05) is 0 Å². The van der Waals surface area contributed by atoms with Crippen LogP contribution in [0.5, 0.6) is 11.5 Å². The molecule has 0 saturated heterocycles. The SMILES string of the molecule is CCCCC[C@H]1CC[C@H](C2CCC(c3ccc(C(F)(F)Oc4cc(F)c(OC(F)F)c(F)c4)c(F)c3)CC2)CC1. The molecule has 0 amide bonds. The van der Waals surface area contributed by atoms with E-state index in [2.05, 4.69) is 16.4 Å². The molecule has 2 aromatic rings. The third-order valence-electron chi connectivity index (χ3n) is 8.75. The van der Waals surface area contributed by atoms with E-state index in [1.165, 1.54) is 57.4 Å². The van der Waals surface area contributed by atoms with Gasteiger partial charge in [-0.05, 0) is 79.9 Å². The molecule has 0 radical (unpaired) electrons. The average molecular weight is 575 g/mol. The highest BCUT2D eigenvalue weighted by molar-refractivity contribution is 5.36. The van der Waals surface area contributed by atoms with Gasteiger partial charge in [0.2, 0.25) is 0 Å². The molecule has 0 unspecified atom stereocenters. The van der Waals surface area contributed by atoms with Crippen LogP contribution < -0.4 is 9.47 Å². The van der Waals surface area contributed by atoms with Crippen LogP contribution in [0.3, 0.4) is 0 Å². The van der Waals surface area contributed by atoms with Gasteiger partial charge in [0.15, 0.2) is 17.4 Å². The van der Waals surface area contributed by atoms with E-state index in [1.807, 2.05) is 0 Å². The van der Waals surface area contributed by atoms with Gasteiger partial charge >= 0.3 is 12.7 Å². The van der Waals surface area contributed by atoms with Crippen molar-refractivity contribution in [3.63, 3.8) is 0 Å². The Kier molecular flexibility index (Phi) is 10.3. The highest BCUT2D eigenvalue weighted by Gasteiger charge is 2.39. The summed E-state index contributed by atoms with van der Waals surface area (Å²) in [6.07, 6.45) is 9.98. The molecular weight excluding hydrogens is 537 g/mol. The maximum absolute atomic E-state index is 14.9. The summed E-state index contributed by atoms with van der Waals surface area (Å²) in [5.74, 6) is -4.59. The van der Waals surface area contributed by atoms with E-state index in [4.69, 9.17) is 0 Å². The summed E-state index contributed by atoms with van der Waals surface area (Å²) in [4.78, 5) is 0. The molecule has 0 atom stereocenters. The van der Waals surface area contributed by atoms with E-state index in [0.29, 0.717) is 11.5 Å². The second-order valence-electron chi connectivity index (χ2n) is 11.3. The minimum absolute atomic E-state index is 0.0743. The maximum atomic E-state index is 14.9. The Bertz CT molecular complexity index is 1080. The fourth-order valence-corrected chi connectivity index (χ4v) is 6.58. The lowest BCUT2D eigenvalue weighted by atomic mass is 9.68. The Morgan fingerprint density at radius 2 is 1.40 bits per heavy atom. The Morgan fingerprint density at radius 3 is 1.95 bits per heavy atom. The second-order valence-corrected chi connectivity index (χ2v) is 11.3. The molecule has 4 rings (SSSR count). The van der Waals surface area contributed by atoms with Gasteiger partial charge in [0.05, 0.1) is 5.56 Å². The molecule has 2 aliphatic carbocycles. The standard InChI is InChI=1S/C31H37F7O2/c1-2-3-4-5-19-6-8-20(9-7-19)21-10-12-22(13-11-21)23-14-15-25(26(32)16-23)31(37,38)40-24-17-27(33)29(28(34)18-24)39-30(35)36/h14-22,30H,2-13H2,1H3/t19-,20-,21?,22?. The predicted octanol–water partition coefficient (Wildman–Crippen LogP) is 10.5. The number of halogens is 7. The molecule has 40 heavy (non-hydrogen) atoms. The fourth-order valence-electron chi connectivity index (χ4n) is 6.58. The lowest BCUT2D eigenvalue weighted by Crippen LogP contribution is -2.26. The van der Waals surface area contributed by atoms with Crippen molar-refractivity contribution in [1.29, 1.82) is 0 Å². The predicted molar refractivity (Wildman–Crippen MR) is 138 cm³/mol. The summed E-state index contributed by atoms with van der Waals surface area (Å²) in [7, 11) is 0. The van der Waals surface area contributed by atoms with Crippen LogP contribution in [0.2, 0.25) is 0 Å². The molecule has 0 aliphatic heterocycles. The van der Waals surface area contributed by atoms with Crippen molar-refractivity contribution in [1.82, 2.24) is 0 Å². The Morgan fingerprint density at radius 1 is 0.800 bits per heavy atom. The van der Waals surface area contributed by atoms with Crippen LogP contribution in [0.1, 0.15) is 101 Å². The average Bonchev–Trinajstić information content (AvgIpc) is 2.91. The summed E-state index contributed by atoms with van der Waals surface area (Å²) in [5.41, 5.74) is -0.449. The van der Waals surface area contributed by atoms with Crippen molar-refractivity contribution in [3.05, 3.63) is 58.9 Å². The minimum atomic E-state index is -4.26. The van der Waals surface area contributed by atoms with Crippen molar-refractivity contribution in [2.45, 2.75) is 103 Å². The number of hydrogen-bond acceptors (Lipinski definition) is 2. The zero-order valence-electron chi connectivity index (χ0n) is 22.7. The highest BCUT2D eigenvalue weighted by atomic mass is 19.3. The Hall–Kier alpha value is -2.45. The summed E-state index contributed by atoms with van der Waals surface area (Å²) < 4.78 is 105.